The van der Waals surface area contributed by atoms with Gasteiger partial charge in [-0.15, -0.1) is 0 Å². The van der Waals surface area contributed by atoms with E-state index in [4.69, 9.17) is 4.42 Å². The molecule has 4 rings (SSSR count). The third kappa shape index (κ3) is 2.50. The number of fused-ring (bicyclic) bond motifs is 3. The molecule has 0 N–H and O–H groups in total. The zero-order chi connectivity index (χ0) is 15.8. The number of hydrogen-bond donors (Lipinski definition) is 0. The van der Waals surface area contributed by atoms with Crippen molar-refractivity contribution in [3.05, 3.63) is 88.5 Å². The highest BCUT2D eigenvalue weighted by atomic mass is 16.4. The fourth-order valence-electron chi connectivity index (χ4n) is 2.98. The Balaban J connectivity index is 1.98. The third-order valence-corrected chi connectivity index (χ3v) is 4.13. The fourth-order valence-corrected chi connectivity index (χ4v) is 2.98. The van der Waals surface area contributed by atoms with Crippen molar-refractivity contribution < 1.29 is 8.98 Å². The summed E-state index contributed by atoms with van der Waals surface area (Å²) in [6.45, 7) is 2.70. The summed E-state index contributed by atoms with van der Waals surface area (Å²) in [7, 11) is 0. The van der Waals surface area contributed by atoms with E-state index in [2.05, 4.69) is 35.8 Å². The number of benzene rings is 2. The maximum Gasteiger partial charge on any atom is 0.336 e. The minimum absolute atomic E-state index is 0.310. The minimum atomic E-state index is -0.310. The fraction of sp³-hybridized carbons (Fsp3) is 0.100. The van der Waals surface area contributed by atoms with Gasteiger partial charge in [0.25, 0.3) is 0 Å². The van der Waals surface area contributed by atoms with E-state index >= 15 is 0 Å². The summed E-state index contributed by atoms with van der Waals surface area (Å²) in [5.74, 6) is 0. The molecule has 0 aliphatic heterocycles. The van der Waals surface area contributed by atoms with Crippen molar-refractivity contribution in [3.63, 3.8) is 0 Å². The predicted octanol–water partition coefficient (Wildman–Crippen LogP) is 3.59. The van der Waals surface area contributed by atoms with Gasteiger partial charge in [-0.1, -0.05) is 30.3 Å². The quantitative estimate of drug-likeness (QED) is 0.322. The average molecular weight is 302 g/mol. The van der Waals surface area contributed by atoms with Crippen LogP contribution in [0.1, 0.15) is 11.1 Å². The number of aryl methyl sites for hydroxylation is 1. The molecule has 4 aromatic rings. The molecule has 0 fully saturated rings. The second-order valence-corrected chi connectivity index (χ2v) is 5.80. The highest BCUT2D eigenvalue weighted by Gasteiger charge is 2.13. The normalized spacial score (nSPS) is 11.2. The summed E-state index contributed by atoms with van der Waals surface area (Å²) in [6, 6.07) is 17.8. The van der Waals surface area contributed by atoms with E-state index in [0.29, 0.717) is 12.1 Å². The molecular formula is C20H16NO2+. The smallest absolute Gasteiger partial charge is 0.336 e. The van der Waals surface area contributed by atoms with Crippen LogP contribution in [0.5, 0.6) is 0 Å². The first-order chi connectivity index (χ1) is 11.2. The summed E-state index contributed by atoms with van der Waals surface area (Å²) in [4.78, 5) is 11.9. The van der Waals surface area contributed by atoms with Crippen LogP contribution in [0, 0.1) is 6.92 Å². The van der Waals surface area contributed by atoms with Crippen molar-refractivity contribution in [2.24, 2.45) is 0 Å². The van der Waals surface area contributed by atoms with Gasteiger partial charge in [0.15, 0.2) is 18.9 Å². The van der Waals surface area contributed by atoms with Crippen LogP contribution in [0.25, 0.3) is 21.7 Å². The Morgan fingerprint density at radius 2 is 1.78 bits per heavy atom. The largest absolute Gasteiger partial charge is 0.423 e. The van der Waals surface area contributed by atoms with Gasteiger partial charge >= 0.3 is 5.63 Å². The SMILES string of the molecule is Cc1cc[n+](Cc2cc(=O)oc3ccc4ccccc4c23)cc1. The van der Waals surface area contributed by atoms with Crippen LogP contribution in [-0.2, 0) is 6.54 Å². The van der Waals surface area contributed by atoms with Gasteiger partial charge in [0, 0.05) is 29.1 Å². The van der Waals surface area contributed by atoms with Gasteiger partial charge in [-0.2, -0.15) is 0 Å². The zero-order valence-corrected chi connectivity index (χ0v) is 12.8. The minimum Gasteiger partial charge on any atom is -0.423 e. The van der Waals surface area contributed by atoms with Crippen molar-refractivity contribution >= 4 is 21.7 Å². The zero-order valence-electron chi connectivity index (χ0n) is 12.8. The lowest BCUT2D eigenvalue weighted by molar-refractivity contribution is -0.688. The first kappa shape index (κ1) is 13.7. The van der Waals surface area contributed by atoms with Crippen LogP contribution >= 0.6 is 0 Å². The van der Waals surface area contributed by atoms with E-state index in [0.717, 1.165) is 21.7 Å². The number of rotatable bonds is 2. The lowest BCUT2D eigenvalue weighted by Gasteiger charge is -2.07. The molecule has 0 saturated carbocycles. The van der Waals surface area contributed by atoms with E-state index in [1.54, 1.807) is 6.07 Å². The molecule has 2 aromatic heterocycles. The van der Waals surface area contributed by atoms with Gasteiger partial charge in [-0.25, -0.2) is 9.36 Å². The first-order valence-electron chi connectivity index (χ1n) is 7.61. The Labute approximate surface area is 133 Å². The summed E-state index contributed by atoms with van der Waals surface area (Å²) in [5, 5.41) is 3.26. The Kier molecular flexibility index (Phi) is 3.19. The molecule has 0 bridgehead atoms. The highest BCUT2D eigenvalue weighted by molar-refractivity contribution is 6.06. The topological polar surface area (TPSA) is 34.1 Å². The summed E-state index contributed by atoms with van der Waals surface area (Å²) >= 11 is 0. The van der Waals surface area contributed by atoms with Gasteiger partial charge < -0.3 is 4.42 Å². The summed E-state index contributed by atoms with van der Waals surface area (Å²) in [5.41, 5.74) is 2.51. The van der Waals surface area contributed by atoms with Crippen molar-refractivity contribution in [2.45, 2.75) is 13.5 Å². The molecule has 2 heterocycles. The highest BCUT2D eigenvalue weighted by Crippen LogP contribution is 2.27. The molecule has 112 valence electrons. The average Bonchev–Trinajstić information content (AvgIpc) is 2.56. The van der Waals surface area contributed by atoms with Gasteiger partial charge in [0.1, 0.15) is 5.58 Å². The molecule has 0 spiro atoms. The molecule has 0 saturated heterocycles. The van der Waals surface area contributed by atoms with Crippen LogP contribution in [0.15, 0.2) is 76.2 Å². The van der Waals surface area contributed by atoms with E-state index in [9.17, 15) is 4.79 Å². The predicted molar refractivity (Wildman–Crippen MR) is 90.5 cm³/mol. The van der Waals surface area contributed by atoms with E-state index < -0.39 is 0 Å². The monoisotopic (exact) mass is 302 g/mol. The van der Waals surface area contributed by atoms with Gasteiger partial charge in [0.2, 0.25) is 0 Å². The second kappa shape index (κ2) is 5.36. The Hall–Kier alpha value is -2.94. The number of aromatic nitrogens is 1. The molecule has 23 heavy (non-hydrogen) atoms. The molecule has 0 radical (unpaired) electrons. The first-order valence-corrected chi connectivity index (χ1v) is 7.61. The number of nitrogens with zero attached hydrogens (tertiary/aromatic N) is 1. The van der Waals surface area contributed by atoms with Crippen molar-refractivity contribution in [2.75, 3.05) is 0 Å². The Morgan fingerprint density at radius 1 is 1.00 bits per heavy atom. The molecule has 0 aliphatic rings. The van der Waals surface area contributed by atoms with Crippen LogP contribution < -0.4 is 10.2 Å². The van der Waals surface area contributed by atoms with Gasteiger partial charge in [-0.05, 0) is 29.3 Å². The summed E-state index contributed by atoms with van der Waals surface area (Å²) in [6.07, 6.45) is 4.06. The lowest BCUT2D eigenvalue weighted by atomic mass is 10.0. The number of pyridine rings is 1. The van der Waals surface area contributed by atoms with E-state index in [-0.39, 0.29) is 5.63 Å². The number of hydrogen-bond acceptors (Lipinski definition) is 2. The maximum atomic E-state index is 11.9. The molecule has 0 atom stereocenters. The van der Waals surface area contributed by atoms with E-state index in [1.165, 1.54) is 5.56 Å². The van der Waals surface area contributed by atoms with Crippen molar-refractivity contribution in [3.8, 4) is 0 Å². The van der Waals surface area contributed by atoms with Crippen LogP contribution in [0.4, 0.5) is 0 Å². The molecular weight excluding hydrogens is 286 g/mol. The molecule has 0 unspecified atom stereocenters. The Bertz CT molecular complexity index is 1060. The Morgan fingerprint density at radius 3 is 2.61 bits per heavy atom. The summed E-state index contributed by atoms with van der Waals surface area (Å²) < 4.78 is 7.47. The molecule has 3 nitrogen and oxygen atoms in total. The van der Waals surface area contributed by atoms with Crippen LogP contribution in [-0.4, -0.2) is 0 Å². The second-order valence-electron chi connectivity index (χ2n) is 5.80. The van der Waals surface area contributed by atoms with E-state index in [1.807, 2.05) is 36.7 Å². The van der Waals surface area contributed by atoms with Crippen LogP contribution in [0.2, 0.25) is 0 Å². The third-order valence-electron chi connectivity index (χ3n) is 4.13. The van der Waals surface area contributed by atoms with Gasteiger partial charge in [0.05, 0.1) is 0 Å². The molecule has 3 heteroatoms. The standard InChI is InChI=1S/C20H16NO2/c1-14-8-10-21(11-9-14)13-16-12-19(22)23-18-7-6-15-4-2-3-5-17(15)20(16)18/h2-12H,13H2,1H3/q+1. The molecule has 0 aliphatic carbocycles. The van der Waals surface area contributed by atoms with Crippen molar-refractivity contribution in [1.29, 1.82) is 0 Å². The lowest BCUT2D eigenvalue weighted by Crippen LogP contribution is -2.33. The van der Waals surface area contributed by atoms with Crippen molar-refractivity contribution in [1.82, 2.24) is 0 Å². The van der Waals surface area contributed by atoms with Crippen LogP contribution in [0.3, 0.4) is 0 Å². The molecule has 2 aromatic carbocycles. The van der Waals surface area contributed by atoms with Gasteiger partial charge in [-0.3, -0.25) is 0 Å². The maximum absolute atomic E-state index is 11.9. The molecule has 0 amide bonds.